The SMILES string of the molecule is CCN[C@@H]1CCN(c2ccc3nc(-c4ccc(C)c(NC(=O)C(C)(C)C)c4)cn3n2)C1. The molecule has 1 saturated heterocycles. The lowest BCUT2D eigenvalue weighted by Gasteiger charge is -2.19. The highest BCUT2D eigenvalue weighted by Gasteiger charge is 2.24. The second-order valence-corrected chi connectivity index (χ2v) is 9.34. The minimum atomic E-state index is -0.451. The fourth-order valence-electron chi connectivity index (χ4n) is 3.83. The zero-order valence-corrected chi connectivity index (χ0v) is 19.1. The Kier molecular flexibility index (Phi) is 5.71. The van der Waals surface area contributed by atoms with Gasteiger partial charge in [-0.1, -0.05) is 39.8 Å². The second-order valence-electron chi connectivity index (χ2n) is 9.34. The molecular weight excluding hydrogens is 388 g/mol. The Labute approximate surface area is 183 Å². The van der Waals surface area contributed by atoms with Crippen molar-refractivity contribution in [3.05, 3.63) is 42.1 Å². The highest BCUT2D eigenvalue weighted by molar-refractivity contribution is 5.95. The summed E-state index contributed by atoms with van der Waals surface area (Å²) in [7, 11) is 0. The number of nitrogens with one attached hydrogen (secondary N) is 2. The van der Waals surface area contributed by atoms with E-state index in [2.05, 4.69) is 22.5 Å². The van der Waals surface area contributed by atoms with Gasteiger partial charge in [0.25, 0.3) is 0 Å². The van der Waals surface area contributed by atoms with Crippen LogP contribution in [0, 0.1) is 12.3 Å². The number of imidazole rings is 1. The first-order chi connectivity index (χ1) is 14.7. The van der Waals surface area contributed by atoms with E-state index < -0.39 is 5.41 Å². The van der Waals surface area contributed by atoms with Gasteiger partial charge in [-0.15, -0.1) is 5.10 Å². The number of hydrogen-bond donors (Lipinski definition) is 2. The number of rotatable bonds is 5. The summed E-state index contributed by atoms with van der Waals surface area (Å²) in [5.41, 5.74) is 3.98. The quantitative estimate of drug-likeness (QED) is 0.655. The van der Waals surface area contributed by atoms with Crippen molar-refractivity contribution in [3.63, 3.8) is 0 Å². The number of likely N-dealkylation sites (N-methyl/N-ethyl adjacent to an activating group) is 1. The van der Waals surface area contributed by atoms with Gasteiger partial charge in [0, 0.05) is 35.8 Å². The first kappa shape index (κ1) is 21.3. The first-order valence-electron chi connectivity index (χ1n) is 11.0. The molecule has 3 aromatic rings. The molecule has 1 aliphatic heterocycles. The van der Waals surface area contributed by atoms with Gasteiger partial charge in [-0.25, -0.2) is 9.50 Å². The van der Waals surface area contributed by atoms with Crippen LogP contribution >= 0.6 is 0 Å². The molecular formula is C24H32N6O. The minimum Gasteiger partial charge on any atom is -0.354 e. The van der Waals surface area contributed by atoms with Crippen LogP contribution in [0.2, 0.25) is 0 Å². The van der Waals surface area contributed by atoms with E-state index in [4.69, 9.17) is 10.1 Å². The van der Waals surface area contributed by atoms with Crippen LogP contribution in [0.4, 0.5) is 11.5 Å². The fraction of sp³-hybridized carbons (Fsp3) is 0.458. The van der Waals surface area contributed by atoms with Gasteiger partial charge in [-0.05, 0) is 43.7 Å². The van der Waals surface area contributed by atoms with Crippen molar-refractivity contribution in [3.8, 4) is 11.3 Å². The third-order valence-corrected chi connectivity index (χ3v) is 5.77. The van der Waals surface area contributed by atoms with Crippen LogP contribution in [-0.4, -0.2) is 46.2 Å². The Balaban J connectivity index is 1.59. The topological polar surface area (TPSA) is 74.6 Å². The largest absolute Gasteiger partial charge is 0.354 e. The van der Waals surface area contributed by atoms with Crippen LogP contribution < -0.4 is 15.5 Å². The molecule has 1 atom stereocenters. The highest BCUT2D eigenvalue weighted by Crippen LogP contribution is 2.27. The molecule has 2 N–H and O–H groups in total. The Morgan fingerprint density at radius 1 is 1.23 bits per heavy atom. The molecule has 7 heteroatoms. The molecule has 1 aromatic carbocycles. The monoisotopic (exact) mass is 420 g/mol. The number of aromatic nitrogens is 3. The van der Waals surface area contributed by atoms with Crippen molar-refractivity contribution >= 4 is 23.1 Å². The molecule has 0 bridgehead atoms. The highest BCUT2D eigenvalue weighted by atomic mass is 16.2. The van der Waals surface area contributed by atoms with Gasteiger partial charge in [-0.2, -0.15) is 0 Å². The van der Waals surface area contributed by atoms with E-state index in [-0.39, 0.29) is 5.91 Å². The predicted molar refractivity (Wildman–Crippen MR) is 126 cm³/mol. The van der Waals surface area contributed by atoms with E-state index in [9.17, 15) is 4.79 Å². The fourth-order valence-corrected chi connectivity index (χ4v) is 3.83. The molecule has 164 valence electrons. The number of hydrogen-bond acceptors (Lipinski definition) is 5. The van der Waals surface area contributed by atoms with Gasteiger partial charge < -0.3 is 15.5 Å². The van der Waals surface area contributed by atoms with Crippen molar-refractivity contribution in [2.45, 2.75) is 47.1 Å². The van der Waals surface area contributed by atoms with Crippen molar-refractivity contribution in [2.24, 2.45) is 5.41 Å². The van der Waals surface area contributed by atoms with Crippen LogP contribution in [-0.2, 0) is 4.79 Å². The Morgan fingerprint density at radius 3 is 2.77 bits per heavy atom. The number of aryl methyl sites for hydroxylation is 1. The molecule has 2 aromatic heterocycles. The average Bonchev–Trinajstić information content (AvgIpc) is 3.35. The van der Waals surface area contributed by atoms with E-state index in [1.54, 1.807) is 0 Å². The number of anilines is 2. The second kappa shape index (κ2) is 8.30. The summed E-state index contributed by atoms with van der Waals surface area (Å²) in [6, 6.07) is 10.6. The minimum absolute atomic E-state index is 0.00413. The predicted octanol–water partition coefficient (Wildman–Crippen LogP) is 3.88. The molecule has 3 heterocycles. The van der Waals surface area contributed by atoms with Gasteiger partial charge in [0.05, 0.1) is 11.9 Å². The maximum atomic E-state index is 12.5. The molecule has 0 spiro atoms. The van der Waals surface area contributed by atoms with Gasteiger partial charge in [0.15, 0.2) is 5.65 Å². The summed E-state index contributed by atoms with van der Waals surface area (Å²) < 4.78 is 1.85. The summed E-state index contributed by atoms with van der Waals surface area (Å²) >= 11 is 0. The molecule has 0 saturated carbocycles. The Bertz CT molecular complexity index is 1100. The number of nitrogens with zero attached hydrogens (tertiary/aromatic N) is 4. The number of carbonyl (C=O) groups excluding carboxylic acids is 1. The maximum absolute atomic E-state index is 12.5. The van der Waals surface area contributed by atoms with Crippen molar-refractivity contribution in [2.75, 3.05) is 29.9 Å². The molecule has 1 fully saturated rings. The van der Waals surface area contributed by atoms with Gasteiger partial charge >= 0.3 is 0 Å². The summed E-state index contributed by atoms with van der Waals surface area (Å²) in [6.07, 6.45) is 3.09. The Morgan fingerprint density at radius 2 is 2.03 bits per heavy atom. The third kappa shape index (κ3) is 4.56. The first-order valence-corrected chi connectivity index (χ1v) is 11.0. The standard InChI is InChI=1S/C24H32N6O/c1-6-25-18-11-12-29(14-18)22-10-9-21-26-20(15-30(21)28-22)17-8-7-16(2)19(13-17)27-23(31)24(3,4)5/h7-10,13,15,18,25H,6,11-12,14H2,1-5H3,(H,27,31)/t18-/m1/s1. The normalized spacial score (nSPS) is 16.8. The van der Waals surface area contributed by atoms with E-state index in [0.717, 1.165) is 60.0 Å². The van der Waals surface area contributed by atoms with Crippen molar-refractivity contribution < 1.29 is 4.79 Å². The zero-order chi connectivity index (χ0) is 22.2. The van der Waals surface area contributed by atoms with Gasteiger partial charge in [0.1, 0.15) is 5.82 Å². The zero-order valence-electron chi connectivity index (χ0n) is 19.1. The van der Waals surface area contributed by atoms with Crippen molar-refractivity contribution in [1.82, 2.24) is 19.9 Å². The number of amides is 1. The number of fused-ring (bicyclic) bond motifs is 1. The molecule has 0 unspecified atom stereocenters. The lowest BCUT2D eigenvalue weighted by atomic mass is 9.95. The summed E-state index contributed by atoms with van der Waals surface area (Å²) in [5, 5.41) is 11.4. The lowest BCUT2D eigenvalue weighted by Crippen LogP contribution is -2.32. The average molecular weight is 421 g/mol. The summed E-state index contributed by atoms with van der Waals surface area (Å²) in [6.45, 7) is 12.8. The molecule has 7 nitrogen and oxygen atoms in total. The molecule has 31 heavy (non-hydrogen) atoms. The molecule has 0 radical (unpaired) electrons. The van der Waals surface area contributed by atoms with E-state index in [0.29, 0.717) is 6.04 Å². The molecule has 1 aliphatic rings. The van der Waals surface area contributed by atoms with Crippen LogP contribution in [0.1, 0.15) is 39.7 Å². The summed E-state index contributed by atoms with van der Waals surface area (Å²) in [5.74, 6) is 0.967. The van der Waals surface area contributed by atoms with Gasteiger partial charge in [-0.3, -0.25) is 4.79 Å². The molecule has 4 rings (SSSR count). The summed E-state index contributed by atoms with van der Waals surface area (Å²) in [4.78, 5) is 19.5. The smallest absolute Gasteiger partial charge is 0.229 e. The maximum Gasteiger partial charge on any atom is 0.229 e. The lowest BCUT2D eigenvalue weighted by molar-refractivity contribution is -0.123. The number of carbonyl (C=O) groups is 1. The number of benzene rings is 1. The van der Waals surface area contributed by atoms with E-state index in [1.165, 1.54) is 0 Å². The van der Waals surface area contributed by atoms with Crippen LogP contribution in [0.5, 0.6) is 0 Å². The van der Waals surface area contributed by atoms with E-state index in [1.807, 2.05) is 68.7 Å². The van der Waals surface area contributed by atoms with E-state index >= 15 is 0 Å². The van der Waals surface area contributed by atoms with Crippen LogP contribution in [0.3, 0.4) is 0 Å². The molecule has 0 aliphatic carbocycles. The Hall–Kier alpha value is -2.93. The molecule has 1 amide bonds. The van der Waals surface area contributed by atoms with Crippen molar-refractivity contribution in [1.29, 1.82) is 0 Å². The van der Waals surface area contributed by atoms with Gasteiger partial charge in [0.2, 0.25) is 5.91 Å². The van der Waals surface area contributed by atoms with Crippen LogP contribution in [0.25, 0.3) is 16.9 Å². The van der Waals surface area contributed by atoms with Crippen LogP contribution in [0.15, 0.2) is 36.5 Å². The third-order valence-electron chi connectivity index (χ3n) is 5.77.